The van der Waals surface area contributed by atoms with Crippen molar-refractivity contribution in [2.75, 3.05) is 0 Å². The van der Waals surface area contributed by atoms with Crippen molar-refractivity contribution < 1.29 is 13.5 Å². The number of aromatic nitrogens is 5. The van der Waals surface area contributed by atoms with Gasteiger partial charge in [-0.15, -0.1) is 9.78 Å². The zero-order valence-corrected chi connectivity index (χ0v) is 15.3. The smallest absolute Gasteiger partial charge is 0.365 e. The third-order valence-corrected chi connectivity index (χ3v) is 3.94. The Kier molecular flexibility index (Phi) is 5.44. The largest absolute Gasteiger partial charge is 0.434 e. The Morgan fingerprint density at radius 1 is 1.17 bits per heavy atom. The summed E-state index contributed by atoms with van der Waals surface area (Å²) in [5.74, 6) is -1.52. The molecule has 0 saturated heterocycles. The summed E-state index contributed by atoms with van der Waals surface area (Å²) >= 11 is 12.2. The normalized spacial score (nSPS) is 10.8. The van der Waals surface area contributed by atoms with Crippen molar-refractivity contribution in [3.8, 4) is 17.3 Å². The monoisotopic (exact) mass is 442 g/mol. The van der Waals surface area contributed by atoms with Crippen LogP contribution in [0.25, 0.3) is 10.5 Å². The fraction of sp³-hybridized carbons (Fsp3) is 0.0667. The number of hydrogen-bond acceptors (Lipinski definition) is 6. The molecule has 0 spiro atoms. The van der Waals surface area contributed by atoms with Gasteiger partial charge in [0, 0.05) is 6.07 Å². The quantitative estimate of drug-likeness (QED) is 0.597. The second-order valence-corrected chi connectivity index (χ2v) is 6.05. The van der Waals surface area contributed by atoms with Crippen molar-refractivity contribution in [1.82, 2.24) is 25.0 Å². The molecule has 0 radical (unpaired) electrons. The summed E-state index contributed by atoms with van der Waals surface area (Å²) in [5, 5.41) is 8.49. The molecule has 0 bridgehead atoms. The number of H-pyrrole nitrogens is 2. The Morgan fingerprint density at radius 2 is 1.83 bits per heavy atom. The molecule has 3 aromatic rings. The molecule has 0 aliphatic heterocycles. The molecule has 2 aromatic heterocycles. The van der Waals surface area contributed by atoms with Crippen LogP contribution in [0.4, 0.5) is 14.6 Å². The van der Waals surface area contributed by atoms with Gasteiger partial charge in [0.1, 0.15) is 0 Å². The molecule has 0 aliphatic carbocycles. The molecule has 0 fully saturated rings. The van der Waals surface area contributed by atoms with Crippen LogP contribution in [0.3, 0.4) is 0 Å². The summed E-state index contributed by atoms with van der Waals surface area (Å²) in [6.07, 6.45) is -3.06. The summed E-state index contributed by atoms with van der Waals surface area (Å²) < 4.78 is 32.1. The van der Waals surface area contributed by atoms with Crippen molar-refractivity contribution in [3.05, 3.63) is 76.4 Å². The lowest BCUT2D eigenvalue weighted by Crippen LogP contribution is -2.30. The molecule has 148 valence electrons. The van der Waals surface area contributed by atoms with Crippen LogP contribution >= 0.6 is 23.2 Å². The molecule has 14 heteroatoms. The second kappa shape index (κ2) is 7.82. The van der Waals surface area contributed by atoms with Gasteiger partial charge in [-0.05, 0) is 17.2 Å². The third-order valence-electron chi connectivity index (χ3n) is 3.38. The number of aromatic amines is 2. The molecule has 0 unspecified atom stereocenters. The van der Waals surface area contributed by atoms with E-state index in [1.807, 2.05) is 10.1 Å². The van der Waals surface area contributed by atoms with Gasteiger partial charge in [-0.3, -0.25) is 14.6 Å². The Hall–Kier alpha value is -3.56. The van der Waals surface area contributed by atoms with Gasteiger partial charge in [-0.25, -0.2) is 18.7 Å². The van der Waals surface area contributed by atoms with E-state index in [1.165, 1.54) is 0 Å². The lowest BCUT2D eigenvalue weighted by Gasteiger charge is -2.12. The molecule has 3 rings (SSSR count). The topological polar surface area (TPSA) is 127 Å². The lowest BCUT2D eigenvalue weighted by molar-refractivity contribution is 0.146. The zero-order valence-electron chi connectivity index (χ0n) is 13.7. The molecule has 0 amide bonds. The van der Waals surface area contributed by atoms with Crippen molar-refractivity contribution in [2.45, 2.75) is 6.43 Å². The van der Waals surface area contributed by atoms with Gasteiger partial charge < -0.3 is 9.58 Å². The highest BCUT2D eigenvalue weighted by molar-refractivity contribution is 6.37. The Labute approximate surface area is 168 Å². The molecule has 0 atom stereocenters. The number of halogens is 4. The molecule has 0 saturated carbocycles. The third kappa shape index (κ3) is 4.00. The number of ether oxygens (including phenoxy) is 1. The minimum atomic E-state index is -3.06. The Bertz CT molecular complexity index is 1300. The molecular weight excluding hydrogens is 437 g/mol. The van der Waals surface area contributed by atoms with Crippen molar-refractivity contribution in [1.29, 1.82) is 0 Å². The minimum absolute atomic E-state index is 0.0398. The minimum Gasteiger partial charge on any atom is -0.434 e. The van der Waals surface area contributed by atoms with Crippen molar-refractivity contribution >= 4 is 29.0 Å². The summed E-state index contributed by atoms with van der Waals surface area (Å²) in [5.41, 5.74) is -3.63. The first-order valence-corrected chi connectivity index (χ1v) is 8.13. The summed E-state index contributed by atoms with van der Waals surface area (Å²) in [4.78, 5) is 39.4. The maximum Gasteiger partial charge on any atom is 0.365 e. The second-order valence-electron chi connectivity index (χ2n) is 5.24. The standard InChI is InChI=1S/C15H6Cl2F2N6O4/c1-20-12-13(27)21-15(28)25(24-12)5-2-7(16)10(8(17)3-5)29-14-6(11(18)19)4-9(26)22-23-14/h2-4,11H,(H,22,26)(H,21,27,28). The molecule has 1 aromatic carbocycles. The summed E-state index contributed by atoms with van der Waals surface area (Å²) in [6.45, 7) is 6.89. The number of benzene rings is 1. The van der Waals surface area contributed by atoms with Crippen LogP contribution < -0.4 is 21.5 Å². The predicted molar refractivity (Wildman–Crippen MR) is 96.6 cm³/mol. The van der Waals surface area contributed by atoms with E-state index >= 15 is 0 Å². The van der Waals surface area contributed by atoms with Crippen molar-refractivity contribution in [2.24, 2.45) is 0 Å². The zero-order chi connectivity index (χ0) is 21.3. The first kappa shape index (κ1) is 20.2. The van der Waals surface area contributed by atoms with E-state index in [-0.39, 0.29) is 21.5 Å². The fourth-order valence-electron chi connectivity index (χ4n) is 2.15. The van der Waals surface area contributed by atoms with Gasteiger partial charge in [0.15, 0.2) is 5.75 Å². The van der Waals surface area contributed by atoms with Crippen LogP contribution in [0.2, 0.25) is 10.0 Å². The number of nitrogens with zero attached hydrogens (tertiary/aromatic N) is 4. The lowest BCUT2D eigenvalue weighted by atomic mass is 10.3. The van der Waals surface area contributed by atoms with Crippen molar-refractivity contribution in [3.63, 3.8) is 0 Å². The Balaban J connectivity index is 2.09. The Morgan fingerprint density at radius 3 is 2.41 bits per heavy atom. The van der Waals surface area contributed by atoms with E-state index in [9.17, 15) is 23.2 Å². The van der Waals surface area contributed by atoms with E-state index in [2.05, 4.69) is 15.0 Å². The van der Waals surface area contributed by atoms with Gasteiger partial charge in [0.05, 0.1) is 21.3 Å². The van der Waals surface area contributed by atoms with Crippen LogP contribution in [0.15, 0.2) is 32.6 Å². The van der Waals surface area contributed by atoms with E-state index in [0.717, 1.165) is 12.1 Å². The predicted octanol–water partition coefficient (Wildman–Crippen LogP) is 2.59. The highest BCUT2D eigenvalue weighted by Crippen LogP contribution is 2.39. The van der Waals surface area contributed by atoms with Gasteiger partial charge >= 0.3 is 11.5 Å². The number of rotatable bonds is 4. The summed E-state index contributed by atoms with van der Waals surface area (Å²) in [7, 11) is 0. The molecule has 2 N–H and O–H groups in total. The average molecular weight is 443 g/mol. The summed E-state index contributed by atoms with van der Waals surface area (Å²) in [6, 6.07) is 2.88. The fourth-order valence-corrected chi connectivity index (χ4v) is 2.70. The highest BCUT2D eigenvalue weighted by Gasteiger charge is 2.21. The van der Waals surface area contributed by atoms with E-state index < -0.39 is 40.5 Å². The average Bonchev–Trinajstić information content (AvgIpc) is 2.65. The number of hydrogen-bond donors (Lipinski definition) is 2. The number of nitrogens with one attached hydrogen (secondary N) is 2. The molecule has 10 nitrogen and oxygen atoms in total. The van der Waals surface area contributed by atoms with Crippen LogP contribution in [-0.2, 0) is 0 Å². The van der Waals surface area contributed by atoms with Crippen LogP contribution in [-0.4, -0.2) is 25.0 Å². The van der Waals surface area contributed by atoms with Gasteiger partial charge in [-0.1, -0.05) is 29.8 Å². The first-order valence-electron chi connectivity index (χ1n) is 7.37. The maximum absolute atomic E-state index is 13.1. The van der Waals surface area contributed by atoms with Crippen LogP contribution in [0, 0.1) is 6.57 Å². The molecule has 0 aliphatic rings. The van der Waals surface area contributed by atoms with E-state index in [1.54, 1.807) is 0 Å². The SMILES string of the molecule is [C-]#[N+]c1nn(-c2cc(Cl)c(Oc3n[nH]c(=O)cc3C(F)F)c(Cl)c2)c(=O)[nH]c1=O. The van der Waals surface area contributed by atoms with Gasteiger partial charge in [0.25, 0.3) is 17.5 Å². The van der Waals surface area contributed by atoms with Gasteiger partial charge in [-0.2, -0.15) is 0 Å². The van der Waals surface area contributed by atoms with Crippen LogP contribution in [0.5, 0.6) is 11.6 Å². The van der Waals surface area contributed by atoms with E-state index in [0.29, 0.717) is 10.7 Å². The molecular formula is C15H6Cl2F2N6O4. The van der Waals surface area contributed by atoms with Gasteiger partial charge in [0.2, 0.25) is 5.88 Å². The highest BCUT2D eigenvalue weighted by atomic mass is 35.5. The first-order chi connectivity index (χ1) is 13.7. The maximum atomic E-state index is 13.1. The van der Waals surface area contributed by atoms with Crippen LogP contribution in [0.1, 0.15) is 12.0 Å². The van der Waals surface area contributed by atoms with E-state index in [4.69, 9.17) is 34.5 Å². The number of alkyl halides is 2. The molecule has 2 heterocycles. The molecule has 29 heavy (non-hydrogen) atoms.